The van der Waals surface area contributed by atoms with Gasteiger partial charge in [0.2, 0.25) is 5.95 Å². The van der Waals surface area contributed by atoms with E-state index in [4.69, 9.17) is 0 Å². The molecule has 2 aromatic rings. The SMILES string of the molecule is O=C1CN(c2c(O)cc3cnc(NCCC4CC4)nc3c2F)S(=O)(=O)N1. The molecular formula is C15H16FN5O4S. The van der Waals surface area contributed by atoms with Crippen LogP contribution in [0.5, 0.6) is 5.75 Å². The first-order valence-electron chi connectivity index (χ1n) is 8.10. The predicted molar refractivity (Wildman–Crippen MR) is 91.4 cm³/mol. The number of aromatic nitrogens is 2. The van der Waals surface area contributed by atoms with Crippen LogP contribution in [-0.2, 0) is 15.0 Å². The fourth-order valence-electron chi connectivity index (χ4n) is 2.88. The van der Waals surface area contributed by atoms with Gasteiger partial charge in [-0.25, -0.2) is 23.4 Å². The molecule has 2 aliphatic rings. The molecule has 1 aromatic carbocycles. The molecule has 26 heavy (non-hydrogen) atoms. The Labute approximate surface area is 148 Å². The second-order valence-corrected chi connectivity index (χ2v) is 7.98. The van der Waals surface area contributed by atoms with Crippen molar-refractivity contribution in [3.63, 3.8) is 0 Å². The molecule has 1 saturated heterocycles. The lowest BCUT2D eigenvalue weighted by molar-refractivity contribution is -0.117. The normalized spacial score (nSPS) is 19.0. The molecule has 1 aliphatic heterocycles. The molecule has 1 aromatic heterocycles. The number of phenols is 1. The van der Waals surface area contributed by atoms with E-state index >= 15 is 0 Å². The number of fused-ring (bicyclic) bond motifs is 1. The highest BCUT2D eigenvalue weighted by Gasteiger charge is 2.38. The number of amides is 1. The van der Waals surface area contributed by atoms with Gasteiger partial charge in [-0.2, -0.15) is 8.42 Å². The summed E-state index contributed by atoms with van der Waals surface area (Å²) in [7, 11) is -4.26. The fraction of sp³-hybridized carbons (Fsp3) is 0.400. The molecule has 1 saturated carbocycles. The predicted octanol–water partition coefficient (Wildman–Crippen LogP) is 0.867. The molecule has 1 amide bonds. The van der Waals surface area contributed by atoms with Gasteiger partial charge in [-0.15, -0.1) is 0 Å². The molecule has 0 bridgehead atoms. The zero-order valence-corrected chi connectivity index (χ0v) is 14.4. The Kier molecular flexibility index (Phi) is 3.83. The zero-order chi connectivity index (χ0) is 18.5. The van der Waals surface area contributed by atoms with Gasteiger partial charge in [0.05, 0.1) is 0 Å². The van der Waals surface area contributed by atoms with Crippen LogP contribution in [0.2, 0.25) is 0 Å². The molecule has 138 valence electrons. The number of hydrogen-bond donors (Lipinski definition) is 3. The highest BCUT2D eigenvalue weighted by Crippen LogP contribution is 2.37. The molecule has 0 spiro atoms. The van der Waals surface area contributed by atoms with Gasteiger partial charge in [-0.1, -0.05) is 12.8 Å². The standard InChI is InChI=1S/C15H16FN5O4S/c16-12-13-9(6-18-15(19-13)17-4-3-8-1-2-8)5-10(22)14(12)21-7-11(23)20-26(21,24)25/h5-6,8,22H,1-4,7H2,(H,20,23)(H,17,18,19). The van der Waals surface area contributed by atoms with Crippen LogP contribution in [0.15, 0.2) is 12.3 Å². The summed E-state index contributed by atoms with van der Waals surface area (Å²) in [5.41, 5.74) is -0.755. The summed E-state index contributed by atoms with van der Waals surface area (Å²) >= 11 is 0. The Morgan fingerprint density at radius 3 is 2.85 bits per heavy atom. The lowest BCUT2D eigenvalue weighted by Crippen LogP contribution is -2.30. The average Bonchev–Trinajstić information content (AvgIpc) is 3.33. The molecular weight excluding hydrogens is 365 g/mol. The highest BCUT2D eigenvalue weighted by molar-refractivity contribution is 7.92. The van der Waals surface area contributed by atoms with E-state index in [1.165, 1.54) is 25.1 Å². The van der Waals surface area contributed by atoms with Crippen molar-refractivity contribution >= 4 is 38.7 Å². The molecule has 9 nitrogen and oxygen atoms in total. The molecule has 4 rings (SSSR count). The van der Waals surface area contributed by atoms with Crippen LogP contribution in [0.25, 0.3) is 10.9 Å². The summed E-state index contributed by atoms with van der Waals surface area (Å²) in [6, 6.07) is 1.17. The van der Waals surface area contributed by atoms with Gasteiger partial charge in [-0.3, -0.25) is 4.79 Å². The first-order chi connectivity index (χ1) is 12.3. The maximum Gasteiger partial charge on any atom is 0.326 e. The Bertz CT molecular complexity index is 1010. The second kappa shape index (κ2) is 5.94. The quantitative estimate of drug-likeness (QED) is 0.702. The number of nitrogens with zero attached hydrogens (tertiary/aromatic N) is 3. The second-order valence-electron chi connectivity index (χ2n) is 6.39. The number of anilines is 2. The first-order valence-corrected chi connectivity index (χ1v) is 9.54. The lowest BCUT2D eigenvalue weighted by atomic mass is 10.2. The Balaban J connectivity index is 1.72. The smallest absolute Gasteiger partial charge is 0.326 e. The number of phenolic OH excluding ortho intramolecular Hbond substituents is 1. The van der Waals surface area contributed by atoms with Crippen LogP contribution < -0.4 is 14.3 Å². The van der Waals surface area contributed by atoms with Crippen LogP contribution in [0.3, 0.4) is 0 Å². The number of hydrogen-bond acceptors (Lipinski definition) is 7. The zero-order valence-electron chi connectivity index (χ0n) is 13.6. The number of aromatic hydroxyl groups is 1. The van der Waals surface area contributed by atoms with Gasteiger partial charge in [0, 0.05) is 18.1 Å². The van der Waals surface area contributed by atoms with Crippen molar-refractivity contribution < 1.29 is 22.7 Å². The van der Waals surface area contributed by atoms with Gasteiger partial charge in [0.1, 0.15) is 23.5 Å². The van der Waals surface area contributed by atoms with E-state index in [1.807, 2.05) is 0 Å². The third-order valence-corrected chi connectivity index (χ3v) is 5.75. The molecule has 3 N–H and O–H groups in total. The molecule has 0 radical (unpaired) electrons. The molecule has 0 atom stereocenters. The minimum atomic E-state index is -4.26. The number of nitrogens with one attached hydrogen (secondary N) is 2. The summed E-state index contributed by atoms with van der Waals surface area (Å²) in [5, 5.41) is 13.3. The fourth-order valence-corrected chi connectivity index (χ4v) is 4.04. The number of benzene rings is 1. The summed E-state index contributed by atoms with van der Waals surface area (Å²) in [6.07, 6.45) is 4.75. The largest absolute Gasteiger partial charge is 0.506 e. The number of rotatable bonds is 5. The monoisotopic (exact) mass is 381 g/mol. The number of carbonyl (C=O) groups excluding carboxylic acids is 1. The van der Waals surface area contributed by atoms with E-state index in [-0.39, 0.29) is 16.9 Å². The number of halogens is 1. The highest BCUT2D eigenvalue weighted by atomic mass is 32.2. The van der Waals surface area contributed by atoms with E-state index in [9.17, 15) is 22.7 Å². The third kappa shape index (κ3) is 2.98. The third-order valence-electron chi connectivity index (χ3n) is 4.37. The van der Waals surface area contributed by atoms with Crippen molar-refractivity contribution in [3.05, 3.63) is 18.1 Å². The topological polar surface area (TPSA) is 125 Å². The van der Waals surface area contributed by atoms with E-state index in [1.54, 1.807) is 4.72 Å². The first kappa shape index (κ1) is 16.8. The van der Waals surface area contributed by atoms with E-state index in [2.05, 4.69) is 15.3 Å². The van der Waals surface area contributed by atoms with E-state index in [0.29, 0.717) is 16.8 Å². The van der Waals surface area contributed by atoms with Crippen LogP contribution in [0.1, 0.15) is 19.3 Å². The van der Waals surface area contributed by atoms with Crippen molar-refractivity contribution in [2.75, 3.05) is 22.7 Å². The maximum absolute atomic E-state index is 15.0. The summed E-state index contributed by atoms with van der Waals surface area (Å²) in [5.74, 6) is -1.53. The molecule has 2 heterocycles. The van der Waals surface area contributed by atoms with Gasteiger partial charge in [0.15, 0.2) is 5.82 Å². The van der Waals surface area contributed by atoms with E-state index in [0.717, 1.165) is 6.42 Å². The number of carbonyl (C=O) groups is 1. The molecule has 1 aliphatic carbocycles. The van der Waals surface area contributed by atoms with Gasteiger partial charge in [-0.05, 0) is 18.4 Å². The minimum Gasteiger partial charge on any atom is -0.506 e. The Hall–Kier alpha value is -2.69. The van der Waals surface area contributed by atoms with Crippen LogP contribution >= 0.6 is 0 Å². The van der Waals surface area contributed by atoms with Crippen LogP contribution in [0, 0.1) is 11.7 Å². The van der Waals surface area contributed by atoms with Crippen LogP contribution in [0.4, 0.5) is 16.0 Å². The summed E-state index contributed by atoms with van der Waals surface area (Å²) in [4.78, 5) is 19.6. The average molecular weight is 381 g/mol. The van der Waals surface area contributed by atoms with Crippen molar-refractivity contribution in [2.45, 2.75) is 19.3 Å². The Morgan fingerprint density at radius 1 is 1.42 bits per heavy atom. The summed E-state index contributed by atoms with van der Waals surface area (Å²) < 4.78 is 41.1. The lowest BCUT2D eigenvalue weighted by Gasteiger charge is -2.18. The molecule has 11 heteroatoms. The summed E-state index contributed by atoms with van der Waals surface area (Å²) in [6.45, 7) is 0.0392. The van der Waals surface area contributed by atoms with Crippen molar-refractivity contribution in [1.82, 2.24) is 14.7 Å². The van der Waals surface area contributed by atoms with Crippen molar-refractivity contribution in [2.24, 2.45) is 5.92 Å². The van der Waals surface area contributed by atoms with Gasteiger partial charge >= 0.3 is 10.2 Å². The maximum atomic E-state index is 15.0. The molecule has 2 fully saturated rings. The van der Waals surface area contributed by atoms with Crippen LogP contribution in [-0.4, -0.2) is 42.5 Å². The van der Waals surface area contributed by atoms with Crippen molar-refractivity contribution in [1.29, 1.82) is 0 Å². The minimum absolute atomic E-state index is 0.142. The van der Waals surface area contributed by atoms with Gasteiger partial charge in [0.25, 0.3) is 5.91 Å². The molecule has 0 unspecified atom stereocenters. The van der Waals surface area contributed by atoms with E-state index < -0.39 is 39.9 Å². The van der Waals surface area contributed by atoms with Crippen molar-refractivity contribution in [3.8, 4) is 5.75 Å². The van der Waals surface area contributed by atoms with Gasteiger partial charge < -0.3 is 10.4 Å². The Morgan fingerprint density at radius 2 is 2.19 bits per heavy atom.